The monoisotopic (exact) mass is 723 g/mol. The van der Waals surface area contributed by atoms with Gasteiger partial charge in [-0.15, -0.1) is 0 Å². The number of pyridine rings is 1. The van der Waals surface area contributed by atoms with Crippen molar-refractivity contribution >= 4 is 49.9 Å². The van der Waals surface area contributed by atoms with Gasteiger partial charge in [0.15, 0.2) is 5.75 Å². The second-order valence-corrected chi connectivity index (χ2v) is 25.3. The summed E-state index contributed by atoms with van der Waals surface area (Å²) in [5.74, 6) is -0.625. The number of ether oxygens (including phenoxy) is 1. The van der Waals surface area contributed by atoms with Gasteiger partial charge in [-0.25, -0.2) is 4.98 Å². The second-order valence-electron chi connectivity index (χ2n) is 12.0. The van der Waals surface area contributed by atoms with Crippen LogP contribution in [0.15, 0.2) is 54.7 Å². The quantitative estimate of drug-likeness (QED) is 0.0614. The number of aromatic nitrogens is 3. The van der Waals surface area contributed by atoms with Crippen LogP contribution in [0, 0.1) is 5.95 Å². The summed E-state index contributed by atoms with van der Waals surface area (Å²) < 4.78 is 25.1. The van der Waals surface area contributed by atoms with Crippen LogP contribution in [-0.2, 0) is 0 Å². The van der Waals surface area contributed by atoms with Gasteiger partial charge in [0.25, 0.3) is 5.95 Å². The molecule has 0 fully saturated rings. The van der Waals surface area contributed by atoms with Gasteiger partial charge >= 0.3 is 203 Å². The number of rotatable bonds is 19. The van der Waals surface area contributed by atoms with Crippen LogP contribution in [0.2, 0.25) is 13.3 Å². The first-order chi connectivity index (χ1) is 21.9. The molecule has 4 rings (SSSR count). The third-order valence-corrected chi connectivity index (χ3v) is 24.5. The van der Waals surface area contributed by atoms with Crippen LogP contribution in [-0.4, -0.2) is 76.9 Å². The van der Waals surface area contributed by atoms with E-state index >= 15 is 0 Å². The number of carbonyl (C=O) groups is 1. The van der Waals surface area contributed by atoms with Gasteiger partial charge in [-0.05, 0) is 18.7 Å². The number of carbonyl (C=O) groups excluding carboxylic acids is 1. The van der Waals surface area contributed by atoms with Gasteiger partial charge < -0.3 is 4.74 Å². The third kappa shape index (κ3) is 9.35. The summed E-state index contributed by atoms with van der Waals surface area (Å²) in [7, 11) is 0. The van der Waals surface area contributed by atoms with Crippen LogP contribution >= 0.6 is 0 Å². The molecule has 0 saturated carbocycles. The molecule has 2 aromatic heterocycles. The van der Waals surface area contributed by atoms with Gasteiger partial charge in [-0.3, -0.25) is 0 Å². The zero-order valence-electron chi connectivity index (χ0n) is 27.6. The molecule has 2 heterocycles. The van der Waals surface area contributed by atoms with Crippen molar-refractivity contribution in [2.75, 3.05) is 32.8 Å². The van der Waals surface area contributed by atoms with Crippen LogP contribution in [0.4, 0.5) is 4.39 Å². The zero-order chi connectivity index (χ0) is 32.1. The van der Waals surface area contributed by atoms with E-state index in [9.17, 15) is 9.18 Å². The van der Waals surface area contributed by atoms with Crippen molar-refractivity contribution in [3.63, 3.8) is 0 Å². The Morgan fingerprint density at radius 1 is 0.867 bits per heavy atom. The molecule has 0 unspecified atom stereocenters. The number of amides is 1. The maximum absolute atomic E-state index is 13.7. The number of likely N-dealkylation sites (N-methyl/N-ethyl adjacent to an activating group) is 1. The summed E-state index contributed by atoms with van der Waals surface area (Å²) >= 11 is -2.61. The van der Waals surface area contributed by atoms with Crippen LogP contribution < -0.4 is 13.6 Å². The first-order valence-electron chi connectivity index (χ1n) is 16.9. The predicted octanol–water partition coefficient (Wildman–Crippen LogP) is 7.50. The Bertz CT molecular complexity index is 1510. The molecule has 0 aliphatic carbocycles. The van der Waals surface area contributed by atoms with Crippen LogP contribution in [0.5, 0.6) is 5.75 Å². The van der Waals surface area contributed by atoms with Gasteiger partial charge in [0.2, 0.25) is 0 Å². The Hall–Kier alpha value is -2.85. The Kier molecular flexibility index (Phi) is 13.8. The molecule has 2 aromatic carbocycles. The van der Waals surface area contributed by atoms with E-state index in [1.54, 1.807) is 15.7 Å². The number of fused-ring (bicyclic) bond motifs is 2. The molecular formula is C36H50FN5O2Sn. The average molecular weight is 723 g/mol. The van der Waals surface area contributed by atoms with Gasteiger partial charge in [0.05, 0.1) is 0 Å². The summed E-state index contributed by atoms with van der Waals surface area (Å²) in [6.07, 6.45) is 9.09. The van der Waals surface area contributed by atoms with E-state index in [-0.39, 0.29) is 11.7 Å². The Morgan fingerprint density at radius 2 is 1.60 bits per heavy atom. The third-order valence-electron chi connectivity index (χ3n) is 8.90. The van der Waals surface area contributed by atoms with E-state index in [0.717, 1.165) is 23.1 Å². The molecule has 242 valence electrons. The molecule has 0 aliphatic heterocycles. The van der Waals surface area contributed by atoms with Gasteiger partial charge in [0.1, 0.15) is 6.61 Å². The van der Waals surface area contributed by atoms with Crippen molar-refractivity contribution in [3.05, 3.63) is 66.2 Å². The van der Waals surface area contributed by atoms with E-state index < -0.39 is 24.3 Å². The number of hydrogen-bond acceptors (Lipinski definition) is 6. The molecule has 9 heteroatoms. The zero-order valence-corrected chi connectivity index (χ0v) is 30.4. The fourth-order valence-electron chi connectivity index (χ4n) is 6.18. The maximum atomic E-state index is 13.7. The number of unbranched alkanes of at least 4 members (excludes halogenated alkanes) is 3. The van der Waals surface area contributed by atoms with Crippen LogP contribution in [0.25, 0.3) is 22.1 Å². The molecular weight excluding hydrogens is 672 g/mol. The minimum atomic E-state index is -2.61. The molecule has 1 amide bonds. The molecule has 1 N–H and O–H groups in total. The van der Waals surface area contributed by atoms with Crippen molar-refractivity contribution < 1.29 is 13.9 Å². The molecule has 0 spiro atoms. The van der Waals surface area contributed by atoms with Crippen molar-refractivity contribution in [2.24, 2.45) is 0 Å². The number of benzene rings is 2. The molecule has 0 atom stereocenters. The molecule has 0 saturated heterocycles. The number of para-hydroxylation sites is 1. The molecule has 45 heavy (non-hydrogen) atoms. The summed E-state index contributed by atoms with van der Waals surface area (Å²) in [6, 6.07) is 15.7. The topological polar surface area (TPSA) is 80.2 Å². The van der Waals surface area contributed by atoms with Gasteiger partial charge in [-0.1, -0.05) is 6.92 Å². The Labute approximate surface area is 272 Å². The first kappa shape index (κ1) is 35.0. The summed E-state index contributed by atoms with van der Waals surface area (Å²) in [4.78, 5) is 29.1. The molecule has 0 radical (unpaired) electrons. The predicted molar refractivity (Wildman–Crippen MR) is 186 cm³/mol. The van der Waals surface area contributed by atoms with Crippen molar-refractivity contribution in [3.8, 4) is 5.75 Å². The first-order valence-corrected chi connectivity index (χ1v) is 24.4. The number of halogens is 1. The van der Waals surface area contributed by atoms with E-state index in [1.807, 2.05) is 18.2 Å². The summed E-state index contributed by atoms with van der Waals surface area (Å²) in [5.41, 5.74) is 3.70. The number of nitrogens with one attached hydrogen (secondary N) is 1. The van der Waals surface area contributed by atoms with E-state index in [4.69, 9.17) is 14.7 Å². The standard InChI is InChI=1S/C24H23FN5O2.3C4H9.Sn/c1-2-30(15-16-32-21-11-6-12-26-23(21)25)14-13-27-24(31)17-7-5-10-20-22(17)29-19-9-4-3-8-18(19)28-20;3*1-3-4-2;/h4-12H,2,13-16H2,1H3,(H,27,31);3*1,3-4H2,2H3;. The van der Waals surface area contributed by atoms with Crippen molar-refractivity contribution in [2.45, 2.75) is 79.5 Å². The Balaban J connectivity index is 1.47. The van der Waals surface area contributed by atoms with Crippen LogP contribution in [0.3, 0.4) is 0 Å². The van der Waals surface area contributed by atoms with Crippen molar-refractivity contribution in [1.82, 2.24) is 25.2 Å². The Morgan fingerprint density at radius 3 is 2.27 bits per heavy atom. The second kappa shape index (κ2) is 17.7. The summed E-state index contributed by atoms with van der Waals surface area (Å²) in [6.45, 7) is 11.8. The normalized spacial score (nSPS) is 11.9. The summed E-state index contributed by atoms with van der Waals surface area (Å²) in [5, 5.41) is 3.06. The van der Waals surface area contributed by atoms with E-state index in [0.29, 0.717) is 37.3 Å². The molecule has 4 aromatic rings. The van der Waals surface area contributed by atoms with Crippen molar-refractivity contribution in [1.29, 1.82) is 0 Å². The van der Waals surface area contributed by atoms with Crippen LogP contribution in [0.1, 0.15) is 76.6 Å². The number of hydrogen-bond donors (Lipinski definition) is 1. The van der Waals surface area contributed by atoms with Gasteiger partial charge in [-0.2, -0.15) is 4.39 Å². The number of nitrogens with zero attached hydrogens (tertiary/aromatic N) is 4. The van der Waals surface area contributed by atoms with E-state index in [2.05, 4.69) is 61.1 Å². The minimum absolute atomic E-state index is 0.148. The average Bonchev–Trinajstić information content (AvgIpc) is 3.06. The van der Waals surface area contributed by atoms with Gasteiger partial charge in [0, 0.05) is 12.7 Å². The van der Waals surface area contributed by atoms with E-state index in [1.165, 1.54) is 58.0 Å². The fourth-order valence-corrected chi connectivity index (χ4v) is 22.1. The fraction of sp³-hybridized carbons (Fsp3) is 0.500. The molecule has 7 nitrogen and oxygen atoms in total. The molecule has 0 bridgehead atoms. The molecule has 0 aliphatic rings. The SMILES string of the molecule is CCC[CH2][Sn]([CH2]CCC)([CH2]CCC)[c]1ccc2nc3c(C(=O)NCCN(CC)CCOc4cccnc4F)cccc3nc2c1.